The number of aromatic nitrogens is 6. The molecule has 0 spiro atoms. The summed E-state index contributed by atoms with van der Waals surface area (Å²) in [5.74, 6) is 0.951. The summed E-state index contributed by atoms with van der Waals surface area (Å²) >= 11 is 0. The van der Waals surface area contributed by atoms with Crippen LogP contribution in [0.1, 0.15) is 25.7 Å². The van der Waals surface area contributed by atoms with Gasteiger partial charge in [0, 0.05) is 55.6 Å². The van der Waals surface area contributed by atoms with Gasteiger partial charge in [0.05, 0.1) is 30.2 Å². The lowest BCUT2D eigenvalue weighted by atomic mass is 9.93. The average Bonchev–Trinajstić information content (AvgIpc) is 3.33. The topological polar surface area (TPSA) is 82.7 Å². The number of hydrogen-bond acceptors (Lipinski definition) is 6. The first-order valence-corrected chi connectivity index (χ1v) is 10.4. The van der Waals surface area contributed by atoms with Crippen LogP contribution in [0, 0.1) is 5.82 Å². The summed E-state index contributed by atoms with van der Waals surface area (Å²) in [6.45, 7) is 0. The second kappa shape index (κ2) is 7.98. The maximum Gasteiger partial charge on any atom is 0.145 e. The predicted octanol–water partition coefficient (Wildman–Crippen LogP) is 3.71. The molecule has 0 aliphatic heterocycles. The third kappa shape index (κ3) is 4.08. The van der Waals surface area contributed by atoms with Crippen LogP contribution in [0.15, 0.2) is 43.1 Å². The maximum absolute atomic E-state index is 13.3. The SMILES string of the molecule is Cn1cc(-c2nn(C)c3cc(NC4CCC(Oc5cncc(F)c5)CC4)ncc23)cn1. The first-order chi connectivity index (χ1) is 15.0. The second-order valence-electron chi connectivity index (χ2n) is 8.04. The molecule has 0 radical (unpaired) electrons. The molecule has 160 valence electrons. The molecular formula is C22H24FN7O. The summed E-state index contributed by atoms with van der Waals surface area (Å²) in [4.78, 5) is 8.47. The lowest BCUT2D eigenvalue weighted by molar-refractivity contribution is 0.149. The molecule has 31 heavy (non-hydrogen) atoms. The minimum atomic E-state index is -0.379. The number of nitrogens with one attached hydrogen (secondary N) is 1. The number of rotatable bonds is 5. The maximum atomic E-state index is 13.3. The summed E-state index contributed by atoms with van der Waals surface area (Å²) in [7, 11) is 3.83. The van der Waals surface area contributed by atoms with E-state index in [9.17, 15) is 4.39 Å². The molecule has 4 heterocycles. The molecule has 0 amide bonds. The molecular weight excluding hydrogens is 397 g/mol. The summed E-state index contributed by atoms with van der Waals surface area (Å²) in [6.07, 6.45) is 12.2. The number of ether oxygens (including phenoxy) is 1. The van der Waals surface area contributed by atoms with Crippen molar-refractivity contribution in [2.75, 3.05) is 5.32 Å². The summed E-state index contributed by atoms with van der Waals surface area (Å²) in [6, 6.07) is 3.74. The van der Waals surface area contributed by atoms with Gasteiger partial charge < -0.3 is 10.1 Å². The highest BCUT2D eigenvalue weighted by molar-refractivity contribution is 5.93. The Balaban J connectivity index is 1.25. The largest absolute Gasteiger partial charge is 0.489 e. The van der Waals surface area contributed by atoms with Crippen LogP contribution >= 0.6 is 0 Å². The zero-order chi connectivity index (χ0) is 21.4. The minimum Gasteiger partial charge on any atom is -0.489 e. The third-order valence-electron chi connectivity index (χ3n) is 5.72. The van der Waals surface area contributed by atoms with Crippen molar-refractivity contribution >= 4 is 16.7 Å². The number of nitrogens with zero attached hydrogens (tertiary/aromatic N) is 6. The van der Waals surface area contributed by atoms with Crippen molar-refractivity contribution < 1.29 is 9.13 Å². The van der Waals surface area contributed by atoms with Crippen molar-refractivity contribution in [2.45, 2.75) is 37.8 Å². The Kier molecular flexibility index (Phi) is 5.01. The van der Waals surface area contributed by atoms with Crippen molar-refractivity contribution in [1.29, 1.82) is 0 Å². The lowest BCUT2D eigenvalue weighted by Crippen LogP contribution is -2.31. The van der Waals surface area contributed by atoms with Crippen LogP contribution in [-0.2, 0) is 14.1 Å². The minimum absolute atomic E-state index is 0.0798. The molecule has 1 fully saturated rings. The molecule has 0 unspecified atom stereocenters. The fourth-order valence-corrected chi connectivity index (χ4v) is 4.17. The van der Waals surface area contributed by atoms with E-state index >= 15 is 0 Å². The van der Waals surface area contributed by atoms with Crippen molar-refractivity contribution in [3.8, 4) is 17.0 Å². The highest BCUT2D eigenvalue weighted by Gasteiger charge is 2.23. The standard InChI is InChI=1S/C22H24FN7O/c1-29-13-14(9-26-29)22-19-12-25-21(8-20(19)30(2)28-22)27-16-3-5-17(6-4-16)31-18-7-15(23)10-24-11-18/h7-13,16-17H,3-6H2,1-2H3,(H,25,27). The molecule has 1 saturated carbocycles. The van der Waals surface area contributed by atoms with Gasteiger partial charge in [-0.15, -0.1) is 0 Å². The van der Waals surface area contributed by atoms with E-state index in [-0.39, 0.29) is 11.9 Å². The number of aryl methyl sites for hydroxylation is 2. The van der Waals surface area contributed by atoms with Gasteiger partial charge in [-0.3, -0.25) is 14.3 Å². The van der Waals surface area contributed by atoms with E-state index in [4.69, 9.17) is 4.74 Å². The number of halogens is 1. The predicted molar refractivity (Wildman–Crippen MR) is 115 cm³/mol. The second-order valence-corrected chi connectivity index (χ2v) is 8.04. The first kappa shape index (κ1) is 19.5. The van der Waals surface area contributed by atoms with Gasteiger partial charge in [0.2, 0.25) is 0 Å². The van der Waals surface area contributed by atoms with E-state index in [0.717, 1.165) is 53.7 Å². The van der Waals surface area contributed by atoms with Gasteiger partial charge in [-0.25, -0.2) is 9.37 Å². The number of fused-ring (bicyclic) bond motifs is 1. The Bertz CT molecular complexity index is 1210. The fraction of sp³-hybridized carbons (Fsp3) is 0.364. The molecule has 1 aliphatic rings. The Labute approximate surface area is 179 Å². The third-order valence-corrected chi connectivity index (χ3v) is 5.72. The first-order valence-electron chi connectivity index (χ1n) is 10.4. The van der Waals surface area contributed by atoms with Gasteiger partial charge in [0.1, 0.15) is 23.1 Å². The molecule has 1 N–H and O–H groups in total. The molecule has 0 atom stereocenters. The van der Waals surface area contributed by atoms with E-state index in [1.807, 2.05) is 43.4 Å². The van der Waals surface area contributed by atoms with Gasteiger partial charge in [-0.1, -0.05) is 0 Å². The van der Waals surface area contributed by atoms with E-state index in [1.165, 1.54) is 12.3 Å². The highest BCUT2D eigenvalue weighted by atomic mass is 19.1. The zero-order valence-corrected chi connectivity index (χ0v) is 17.5. The average molecular weight is 421 g/mol. The van der Waals surface area contributed by atoms with Crippen molar-refractivity contribution in [1.82, 2.24) is 29.5 Å². The van der Waals surface area contributed by atoms with E-state index in [2.05, 4.69) is 25.5 Å². The molecule has 0 aromatic carbocycles. The van der Waals surface area contributed by atoms with Crippen LogP contribution < -0.4 is 10.1 Å². The zero-order valence-electron chi connectivity index (χ0n) is 17.5. The summed E-state index contributed by atoms with van der Waals surface area (Å²) in [5, 5.41) is 13.5. The van der Waals surface area contributed by atoms with Gasteiger partial charge in [-0.05, 0) is 25.7 Å². The number of pyridine rings is 2. The van der Waals surface area contributed by atoms with Crippen LogP contribution in [0.5, 0.6) is 5.75 Å². The Hall–Kier alpha value is -3.49. The molecule has 4 aromatic rings. The molecule has 0 saturated heterocycles. The molecule has 1 aliphatic carbocycles. The molecule has 4 aromatic heterocycles. The Morgan fingerprint density at radius 1 is 1.06 bits per heavy atom. The van der Waals surface area contributed by atoms with E-state index in [1.54, 1.807) is 10.9 Å². The monoisotopic (exact) mass is 421 g/mol. The van der Waals surface area contributed by atoms with Gasteiger partial charge in [0.25, 0.3) is 0 Å². The van der Waals surface area contributed by atoms with Crippen LogP contribution in [-0.4, -0.2) is 41.7 Å². The van der Waals surface area contributed by atoms with Crippen molar-refractivity contribution in [3.63, 3.8) is 0 Å². The number of hydrogen-bond donors (Lipinski definition) is 1. The van der Waals surface area contributed by atoms with Crippen LogP contribution in [0.2, 0.25) is 0 Å². The Morgan fingerprint density at radius 2 is 1.90 bits per heavy atom. The van der Waals surface area contributed by atoms with E-state index in [0.29, 0.717) is 11.8 Å². The van der Waals surface area contributed by atoms with Crippen LogP contribution in [0.25, 0.3) is 22.2 Å². The quantitative estimate of drug-likeness (QED) is 0.529. The molecule has 8 nitrogen and oxygen atoms in total. The van der Waals surface area contributed by atoms with Gasteiger partial charge in [-0.2, -0.15) is 10.2 Å². The van der Waals surface area contributed by atoms with E-state index < -0.39 is 0 Å². The summed E-state index contributed by atoms with van der Waals surface area (Å²) in [5.41, 5.74) is 2.88. The van der Waals surface area contributed by atoms with Crippen LogP contribution in [0.4, 0.5) is 10.2 Å². The summed E-state index contributed by atoms with van der Waals surface area (Å²) < 4.78 is 22.8. The fourth-order valence-electron chi connectivity index (χ4n) is 4.17. The van der Waals surface area contributed by atoms with Crippen molar-refractivity contribution in [2.24, 2.45) is 14.1 Å². The molecule has 9 heteroatoms. The van der Waals surface area contributed by atoms with Crippen LogP contribution in [0.3, 0.4) is 0 Å². The molecule has 0 bridgehead atoms. The van der Waals surface area contributed by atoms with Gasteiger partial charge in [0.15, 0.2) is 0 Å². The van der Waals surface area contributed by atoms with Crippen molar-refractivity contribution in [3.05, 3.63) is 48.9 Å². The molecule has 5 rings (SSSR count). The number of anilines is 1. The normalized spacial score (nSPS) is 18.9. The smallest absolute Gasteiger partial charge is 0.145 e. The lowest BCUT2D eigenvalue weighted by Gasteiger charge is -2.29. The Morgan fingerprint density at radius 3 is 2.65 bits per heavy atom. The van der Waals surface area contributed by atoms with Gasteiger partial charge >= 0.3 is 0 Å². The highest BCUT2D eigenvalue weighted by Crippen LogP contribution is 2.30.